The molecule has 0 heterocycles. The highest BCUT2D eigenvalue weighted by Crippen LogP contribution is 2.45. The molecule has 0 aliphatic rings. The van der Waals surface area contributed by atoms with Crippen molar-refractivity contribution in [3.8, 4) is 0 Å². The smallest absolute Gasteiger partial charge is 0.462 e. The van der Waals surface area contributed by atoms with E-state index in [0.717, 1.165) is 89.9 Å². The van der Waals surface area contributed by atoms with E-state index in [0.29, 0.717) is 25.7 Å². The molecule has 110 heavy (non-hydrogen) atoms. The van der Waals surface area contributed by atoms with Gasteiger partial charge in [0.2, 0.25) is 0 Å². The monoisotopic (exact) mass is 1610 g/mol. The SMILES string of the molecule is CCCCCCCCCCCCCCCCCCCCCCCC(=O)O[C@H](COC(=O)CCCCCCCCCCCCCCCCCCCCCC)COP(=O)(O)OC[C@@H](O)COP(=O)(O)OC[C@@H](COC(=O)CCCCCCCCCCCCCC)OC(=O)CCCCCCCCCCCCCCCCCCC. The van der Waals surface area contributed by atoms with Gasteiger partial charge in [0, 0.05) is 25.7 Å². The van der Waals surface area contributed by atoms with Gasteiger partial charge in [-0.15, -0.1) is 0 Å². The number of unbranched alkanes of at least 4 members (excludes halogenated alkanes) is 66. The molecule has 0 aromatic rings. The van der Waals surface area contributed by atoms with Gasteiger partial charge in [0.25, 0.3) is 0 Å². The van der Waals surface area contributed by atoms with E-state index in [1.165, 1.54) is 334 Å². The van der Waals surface area contributed by atoms with E-state index in [-0.39, 0.29) is 25.7 Å². The lowest BCUT2D eigenvalue weighted by Crippen LogP contribution is -2.30. The molecule has 3 N–H and O–H groups in total. The largest absolute Gasteiger partial charge is 0.472 e. The molecule has 0 fully saturated rings. The van der Waals surface area contributed by atoms with Gasteiger partial charge in [-0.3, -0.25) is 37.3 Å². The average Bonchev–Trinajstić information content (AvgIpc) is 0.904. The molecule has 0 amide bonds. The summed E-state index contributed by atoms with van der Waals surface area (Å²) in [4.78, 5) is 73.4. The van der Waals surface area contributed by atoms with Crippen molar-refractivity contribution >= 4 is 39.5 Å². The zero-order valence-electron chi connectivity index (χ0n) is 72.3. The highest BCUT2D eigenvalue weighted by atomic mass is 31.2. The van der Waals surface area contributed by atoms with Crippen molar-refractivity contribution < 1.29 is 80.2 Å². The molecule has 17 nitrogen and oxygen atoms in total. The van der Waals surface area contributed by atoms with Crippen molar-refractivity contribution in [2.45, 2.75) is 521 Å². The summed E-state index contributed by atoms with van der Waals surface area (Å²) in [6.45, 7) is 5.09. The second-order valence-corrected chi connectivity index (χ2v) is 35.6. The minimum absolute atomic E-state index is 0.110. The number of hydrogen-bond acceptors (Lipinski definition) is 15. The number of phosphoric ester groups is 2. The Morgan fingerprint density at radius 3 is 0.536 bits per heavy atom. The summed E-state index contributed by atoms with van der Waals surface area (Å²) in [5.41, 5.74) is 0. The van der Waals surface area contributed by atoms with Crippen molar-refractivity contribution in [1.29, 1.82) is 0 Å². The highest BCUT2D eigenvalue weighted by Gasteiger charge is 2.31. The van der Waals surface area contributed by atoms with Crippen molar-refractivity contribution in [2.24, 2.45) is 0 Å². The van der Waals surface area contributed by atoms with Crippen LogP contribution >= 0.6 is 15.6 Å². The number of aliphatic hydroxyl groups excluding tert-OH is 1. The van der Waals surface area contributed by atoms with Crippen LogP contribution in [0.5, 0.6) is 0 Å². The fourth-order valence-corrected chi connectivity index (χ4v) is 16.0. The van der Waals surface area contributed by atoms with Crippen LogP contribution in [0.1, 0.15) is 503 Å². The molecule has 654 valence electrons. The predicted molar refractivity (Wildman–Crippen MR) is 455 cm³/mol. The van der Waals surface area contributed by atoms with E-state index in [9.17, 15) is 43.2 Å². The predicted octanol–water partition coefficient (Wildman–Crippen LogP) is 28.5. The molecule has 2 unspecified atom stereocenters. The third kappa shape index (κ3) is 84.0. The zero-order chi connectivity index (χ0) is 80.3. The summed E-state index contributed by atoms with van der Waals surface area (Å²) >= 11 is 0. The number of aliphatic hydroxyl groups is 1. The maximum atomic E-state index is 13.2. The fourth-order valence-electron chi connectivity index (χ4n) is 14.4. The molecule has 0 aromatic carbocycles. The number of carbonyl (C=O) groups excluding carboxylic acids is 4. The summed E-state index contributed by atoms with van der Waals surface area (Å²) in [7, 11) is -9.93. The fraction of sp³-hybridized carbons (Fsp3) is 0.956. The number of carbonyl (C=O) groups is 4. The van der Waals surface area contributed by atoms with Crippen molar-refractivity contribution in [1.82, 2.24) is 0 Å². The topological polar surface area (TPSA) is 237 Å². The van der Waals surface area contributed by atoms with E-state index in [1.807, 2.05) is 0 Å². The Balaban J connectivity index is 5.24. The van der Waals surface area contributed by atoms with E-state index in [1.54, 1.807) is 0 Å². The van der Waals surface area contributed by atoms with Gasteiger partial charge < -0.3 is 33.8 Å². The normalized spacial score (nSPS) is 13.6. The number of esters is 4. The Morgan fingerprint density at radius 2 is 0.364 bits per heavy atom. The molecule has 0 aliphatic carbocycles. The lowest BCUT2D eigenvalue weighted by molar-refractivity contribution is -0.161. The van der Waals surface area contributed by atoms with Gasteiger partial charge in [0.15, 0.2) is 12.2 Å². The molecular weight excluding hydrogens is 1430 g/mol. The maximum Gasteiger partial charge on any atom is 0.472 e. The van der Waals surface area contributed by atoms with E-state index >= 15 is 0 Å². The van der Waals surface area contributed by atoms with E-state index in [4.69, 9.17) is 37.0 Å². The molecule has 0 saturated heterocycles. The standard InChI is InChI=1S/C91H178O17P2/c1-5-9-13-17-21-25-29-33-36-39-41-43-45-48-51-54-58-62-66-70-74-78-91(96)108-87(82-102-89(94)76-72-68-64-60-56-52-49-47-44-42-40-37-34-30-26-22-18-14-10-6-2)84-106-110(99,100)104-80-85(92)79-103-109(97,98)105-83-86(81-101-88(93)75-71-67-63-59-55-32-28-24-20-16-12-8-4)107-90(95)77-73-69-65-61-57-53-50-46-38-35-31-27-23-19-15-11-7-3/h85-87,92H,5-84H2,1-4H3,(H,97,98)(H,99,100)/t85-,86+,87+/m0/s1. The first-order valence-corrected chi connectivity index (χ1v) is 50.3. The third-order valence-electron chi connectivity index (χ3n) is 21.6. The summed E-state index contributed by atoms with van der Waals surface area (Å²) in [5, 5.41) is 10.7. The van der Waals surface area contributed by atoms with Crippen LogP contribution in [0.2, 0.25) is 0 Å². The summed E-state index contributed by atoms with van der Waals surface area (Å²) < 4.78 is 69.1. The maximum absolute atomic E-state index is 13.2. The second-order valence-electron chi connectivity index (χ2n) is 32.7. The van der Waals surface area contributed by atoms with Gasteiger partial charge in [-0.05, 0) is 25.7 Å². The number of ether oxygens (including phenoxy) is 4. The zero-order valence-corrected chi connectivity index (χ0v) is 74.0. The van der Waals surface area contributed by atoms with Gasteiger partial charge in [0.1, 0.15) is 19.3 Å². The highest BCUT2D eigenvalue weighted by molar-refractivity contribution is 7.47. The van der Waals surface area contributed by atoms with E-state index < -0.39 is 97.5 Å². The van der Waals surface area contributed by atoms with Crippen LogP contribution in [0.25, 0.3) is 0 Å². The van der Waals surface area contributed by atoms with Gasteiger partial charge in [0.05, 0.1) is 26.4 Å². The quantitative estimate of drug-likeness (QED) is 0.0222. The Hall–Kier alpha value is -1.94. The van der Waals surface area contributed by atoms with E-state index in [2.05, 4.69) is 27.7 Å². The van der Waals surface area contributed by atoms with Gasteiger partial charge in [-0.1, -0.05) is 451 Å². The number of phosphoric acid groups is 2. The number of rotatable bonds is 92. The van der Waals surface area contributed by atoms with Crippen molar-refractivity contribution in [3.05, 3.63) is 0 Å². The molecule has 0 spiro atoms. The van der Waals surface area contributed by atoms with Crippen molar-refractivity contribution in [3.63, 3.8) is 0 Å². The lowest BCUT2D eigenvalue weighted by atomic mass is 10.0. The van der Waals surface area contributed by atoms with Gasteiger partial charge >= 0.3 is 39.5 Å². The van der Waals surface area contributed by atoms with Gasteiger partial charge in [-0.2, -0.15) is 0 Å². The Kier molecular flexibility index (Phi) is 83.5. The van der Waals surface area contributed by atoms with Crippen LogP contribution in [-0.4, -0.2) is 96.7 Å². The first-order valence-electron chi connectivity index (χ1n) is 47.3. The minimum Gasteiger partial charge on any atom is -0.462 e. The van der Waals surface area contributed by atoms with Crippen LogP contribution in [0.15, 0.2) is 0 Å². The molecule has 5 atom stereocenters. The van der Waals surface area contributed by atoms with Crippen molar-refractivity contribution in [2.75, 3.05) is 39.6 Å². The Morgan fingerprint density at radius 1 is 0.218 bits per heavy atom. The molecule has 0 bridgehead atoms. The summed E-state index contributed by atoms with van der Waals surface area (Å²) in [6.07, 6.45) is 82.0. The lowest BCUT2D eigenvalue weighted by Gasteiger charge is -2.21. The average molecular weight is 1610 g/mol. The molecule has 0 aliphatic heterocycles. The van der Waals surface area contributed by atoms with Crippen LogP contribution in [0, 0.1) is 0 Å². The Labute approximate surface area is 677 Å². The first kappa shape index (κ1) is 108. The van der Waals surface area contributed by atoms with Crippen LogP contribution < -0.4 is 0 Å². The van der Waals surface area contributed by atoms with Crippen LogP contribution in [0.3, 0.4) is 0 Å². The van der Waals surface area contributed by atoms with Crippen LogP contribution in [0.4, 0.5) is 0 Å². The molecular formula is C91H178O17P2. The Bertz CT molecular complexity index is 2070. The van der Waals surface area contributed by atoms with Crippen LogP contribution in [-0.2, 0) is 65.4 Å². The summed E-state index contributed by atoms with van der Waals surface area (Å²) in [5.74, 6) is -2.09. The van der Waals surface area contributed by atoms with Gasteiger partial charge in [-0.25, -0.2) is 9.13 Å². The summed E-state index contributed by atoms with van der Waals surface area (Å²) in [6, 6.07) is 0. The first-order chi connectivity index (χ1) is 53.7. The molecule has 0 saturated carbocycles. The minimum atomic E-state index is -4.97. The molecule has 0 rings (SSSR count). The molecule has 19 heteroatoms. The third-order valence-corrected chi connectivity index (χ3v) is 23.5. The molecule has 0 aromatic heterocycles. The number of hydrogen-bond donors (Lipinski definition) is 3. The second kappa shape index (κ2) is 85.0. The molecule has 0 radical (unpaired) electrons.